The SMILES string of the molecule is CC(C)(NC(=O)C1CCNCC1)C(=O)O. The Kier molecular flexibility index (Phi) is 3.68. The summed E-state index contributed by atoms with van der Waals surface area (Å²) in [4.78, 5) is 22.5. The van der Waals surface area contributed by atoms with Crippen molar-refractivity contribution in [2.45, 2.75) is 32.2 Å². The Balaban J connectivity index is 2.50. The van der Waals surface area contributed by atoms with Crippen LogP contribution in [0.5, 0.6) is 0 Å². The topological polar surface area (TPSA) is 78.4 Å². The van der Waals surface area contributed by atoms with E-state index < -0.39 is 11.5 Å². The first kappa shape index (κ1) is 12.0. The van der Waals surface area contributed by atoms with Crippen molar-refractivity contribution in [1.29, 1.82) is 0 Å². The average Bonchev–Trinajstić information content (AvgIpc) is 2.18. The van der Waals surface area contributed by atoms with Crippen LogP contribution >= 0.6 is 0 Å². The summed E-state index contributed by atoms with van der Waals surface area (Å²) in [6.45, 7) is 4.64. The van der Waals surface area contributed by atoms with Gasteiger partial charge in [0.25, 0.3) is 0 Å². The number of carboxylic acid groups (broad SMARTS) is 1. The zero-order chi connectivity index (χ0) is 11.5. The Labute approximate surface area is 89.2 Å². The van der Waals surface area contributed by atoms with Gasteiger partial charge in [0.15, 0.2) is 0 Å². The van der Waals surface area contributed by atoms with Crippen LogP contribution < -0.4 is 10.6 Å². The van der Waals surface area contributed by atoms with E-state index in [4.69, 9.17) is 5.11 Å². The van der Waals surface area contributed by atoms with Crippen LogP contribution in [0.1, 0.15) is 26.7 Å². The van der Waals surface area contributed by atoms with E-state index in [-0.39, 0.29) is 11.8 Å². The minimum Gasteiger partial charge on any atom is -0.480 e. The number of carbonyl (C=O) groups is 2. The Morgan fingerprint density at radius 3 is 2.33 bits per heavy atom. The predicted octanol–water partition coefficient (Wildman–Crippen LogP) is -0.0346. The summed E-state index contributed by atoms with van der Waals surface area (Å²) >= 11 is 0. The third kappa shape index (κ3) is 3.20. The van der Waals surface area contributed by atoms with Gasteiger partial charge in [0.05, 0.1) is 0 Å². The second kappa shape index (κ2) is 4.61. The van der Waals surface area contributed by atoms with Crippen molar-refractivity contribution >= 4 is 11.9 Å². The number of nitrogens with one attached hydrogen (secondary N) is 2. The molecule has 1 aliphatic rings. The average molecular weight is 214 g/mol. The van der Waals surface area contributed by atoms with E-state index in [9.17, 15) is 9.59 Å². The first-order chi connectivity index (χ1) is 6.93. The van der Waals surface area contributed by atoms with E-state index >= 15 is 0 Å². The summed E-state index contributed by atoms with van der Waals surface area (Å²) in [6, 6.07) is 0. The molecule has 15 heavy (non-hydrogen) atoms. The minimum absolute atomic E-state index is 0.0510. The second-order valence-corrected chi connectivity index (χ2v) is 4.44. The summed E-state index contributed by atoms with van der Waals surface area (Å²) in [5.74, 6) is -1.21. The molecule has 1 amide bonds. The van der Waals surface area contributed by atoms with Crippen molar-refractivity contribution in [2.24, 2.45) is 5.92 Å². The number of hydrogen-bond acceptors (Lipinski definition) is 3. The molecule has 0 aromatic rings. The molecule has 0 radical (unpaired) electrons. The lowest BCUT2D eigenvalue weighted by atomic mass is 9.95. The normalized spacial score (nSPS) is 18.5. The third-order valence-electron chi connectivity index (χ3n) is 2.68. The van der Waals surface area contributed by atoms with Crippen molar-refractivity contribution in [2.75, 3.05) is 13.1 Å². The summed E-state index contributed by atoms with van der Waals surface area (Å²) in [5.41, 5.74) is -1.18. The van der Waals surface area contributed by atoms with Gasteiger partial charge in [0, 0.05) is 5.92 Å². The molecular formula is C10H18N2O3. The summed E-state index contributed by atoms with van der Waals surface area (Å²) < 4.78 is 0. The number of carboxylic acids is 1. The van der Waals surface area contributed by atoms with Crippen LogP contribution in [0.25, 0.3) is 0 Å². The van der Waals surface area contributed by atoms with Crippen molar-refractivity contribution in [3.63, 3.8) is 0 Å². The lowest BCUT2D eigenvalue weighted by Gasteiger charge is -2.27. The fourth-order valence-electron chi connectivity index (χ4n) is 1.55. The van der Waals surface area contributed by atoms with Gasteiger partial charge in [-0.05, 0) is 39.8 Å². The molecule has 1 fully saturated rings. The van der Waals surface area contributed by atoms with Crippen molar-refractivity contribution in [3.8, 4) is 0 Å². The van der Waals surface area contributed by atoms with Crippen LogP contribution in [0.2, 0.25) is 0 Å². The minimum atomic E-state index is -1.18. The molecule has 5 heteroatoms. The first-order valence-electron chi connectivity index (χ1n) is 5.19. The zero-order valence-corrected chi connectivity index (χ0v) is 9.17. The monoisotopic (exact) mass is 214 g/mol. The maximum absolute atomic E-state index is 11.7. The molecule has 0 atom stereocenters. The van der Waals surface area contributed by atoms with E-state index in [0.717, 1.165) is 25.9 Å². The number of hydrogen-bond donors (Lipinski definition) is 3. The lowest BCUT2D eigenvalue weighted by molar-refractivity contribution is -0.146. The standard InChI is InChI=1S/C10H18N2O3/c1-10(2,9(14)15)12-8(13)7-3-5-11-6-4-7/h7,11H,3-6H2,1-2H3,(H,12,13)(H,14,15). The van der Waals surface area contributed by atoms with Gasteiger partial charge in [-0.15, -0.1) is 0 Å². The molecule has 1 saturated heterocycles. The van der Waals surface area contributed by atoms with E-state index in [0.29, 0.717) is 0 Å². The van der Waals surface area contributed by atoms with Gasteiger partial charge in [-0.3, -0.25) is 4.79 Å². The predicted molar refractivity (Wildman–Crippen MR) is 55.5 cm³/mol. The van der Waals surface area contributed by atoms with E-state index in [1.807, 2.05) is 0 Å². The van der Waals surface area contributed by atoms with Gasteiger partial charge in [-0.25, -0.2) is 4.79 Å². The number of rotatable bonds is 3. The summed E-state index contributed by atoms with van der Waals surface area (Å²) in [6.07, 6.45) is 1.56. The molecule has 1 heterocycles. The summed E-state index contributed by atoms with van der Waals surface area (Å²) in [7, 11) is 0. The van der Waals surface area contributed by atoms with Crippen LogP contribution in [0.3, 0.4) is 0 Å². The molecular weight excluding hydrogens is 196 g/mol. The van der Waals surface area contributed by atoms with Gasteiger partial charge < -0.3 is 15.7 Å². The maximum atomic E-state index is 11.7. The smallest absolute Gasteiger partial charge is 0.328 e. The van der Waals surface area contributed by atoms with Crippen LogP contribution in [0.15, 0.2) is 0 Å². The molecule has 5 nitrogen and oxygen atoms in total. The first-order valence-corrected chi connectivity index (χ1v) is 5.19. The van der Waals surface area contributed by atoms with Crippen molar-refractivity contribution < 1.29 is 14.7 Å². The van der Waals surface area contributed by atoms with Crippen molar-refractivity contribution in [3.05, 3.63) is 0 Å². The number of piperidine rings is 1. The van der Waals surface area contributed by atoms with E-state index in [1.54, 1.807) is 0 Å². The zero-order valence-electron chi connectivity index (χ0n) is 9.17. The largest absolute Gasteiger partial charge is 0.480 e. The van der Waals surface area contributed by atoms with Gasteiger partial charge in [0.1, 0.15) is 5.54 Å². The van der Waals surface area contributed by atoms with Gasteiger partial charge >= 0.3 is 5.97 Å². The lowest BCUT2D eigenvalue weighted by Crippen LogP contribution is -2.52. The van der Waals surface area contributed by atoms with Gasteiger partial charge in [-0.1, -0.05) is 0 Å². The Hall–Kier alpha value is -1.10. The molecule has 0 spiro atoms. The Morgan fingerprint density at radius 2 is 1.87 bits per heavy atom. The molecule has 0 aromatic carbocycles. The number of amides is 1. The van der Waals surface area contributed by atoms with Crippen molar-refractivity contribution in [1.82, 2.24) is 10.6 Å². The van der Waals surface area contributed by atoms with Crippen LogP contribution in [0.4, 0.5) is 0 Å². The molecule has 0 bridgehead atoms. The molecule has 0 aromatic heterocycles. The molecule has 0 saturated carbocycles. The molecule has 0 aliphatic carbocycles. The Bertz CT molecular complexity index is 257. The fraction of sp³-hybridized carbons (Fsp3) is 0.800. The van der Waals surface area contributed by atoms with Gasteiger partial charge in [-0.2, -0.15) is 0 Å². The highest BCUT2D eigenvalue weighted by Crippen LogP contribution is 2.13. The second-order valence-electron chi connectivity index (χ2n) is 4.44. The highest BCUT2D eigenvalue weighted by atomic mass is 16.4. The van der Waals surface area contributed by atoms with Crippen LogP contribution in [0, 0.1) is 5.92 Å². The molecule has 86 valence electrons. The molecule has 3 N–H and O–H groups in total. The maximum Gasteiger partial charge on any atom is 0.328 e. The van der Waals surface area contributed by atoms with Crippen LogP contribution in [-0.2, 0) is 9.59 Å². The highest BCUT2D eigenvalue weighted by molar-refractivity contribution is 5.87. The highest BCUT2D eigenvalue weighted by Gasteiger charge is 2.32. The molecule has 1 rings (SSSR count). The number of aliphatic carboxylic acids is 1. The van der Waals surface area contributed by atoms with E-state index in [1.165, 1.54) is 13.8 Å². The summed E-state index contributed by atoms with van der Waals surface area (Å²) in [5, 5.41) is 14.6. The quantitative estimate of drug-likeness (QED) is 0.616. The number of carbonyl (C=O) groups excluding carboxylic acids is 1. The van der Waals surface area contributed by atoms with E-state index in [2.05, 4.69) is 10.6 Å². The fourth-order valence-corrected chi connectivity index (χ4v) is 1.55. The molecule has 0 unspecified atom stereocenters. The third-order valence-corrected chi connectivity index (χ3v) is 2.68. The van der Waals surface area contributed by atoms with Crippen LogP contribution in [-0.4, -0.2) is 35.6 Å². The Morgan fingerprint density at radius 1 is 1.33 bits per heavy atom. The van der Waals surface area contributed by atoms with Gasteiger partial charge in [0.2, 0.25) is 5.91 Å². The molecule has 1 aliphatic heterocycles.